The first-order chi connectivity index (χ1) is 11.0. The highest BCUT2D eigenvalue weighted by Gasteiger charge is 2.16. The van der Waals surface area contributed by atoms with Crippen LogP contribution in [0, 0.1) is 10.1 Å². The summed E-state index contributed by atoms with van der Waals surface area (Å²) in [6, 6.07) is 10.1. The van der Waals surface area contributed by atoms with Gasteiger partial charge in [-0.15, -0.1) is 0 Å². The van der Waals surface area contributed by atoms with Crippen molar-refractivity contribution in [1.29, 1.82) is 0 Å². The Balaban J connectivity index is 1.79. The summed E-state index contributed by atoms with van der Waals surface area (Å²) < 4.78 is 11.1. The van der Waals surface area contributed by atoms with E-state index in [4.69, 9.17) is 21.1 Å². The van der Waals surface area contributed by atoms with E-state index in [1.165, 1.54) is 12.1 Å². The molecule has 0 bridgehead atoms. The fourth-order valence-corrected chi connectivity index (χ4v) is 2.61. The number of nitro groups is 1. The SMILES string of the molecule is C[C@@H](Nc1ccc([N+](=O)[O-])cc1Cl)c1ccc2c(c1)OCCO2. The maximum Gasteiger partial charge on any atom is 0.271 e. The highest BCUT2D eigenvalue weighted by Crippen LogP contribution is 2.34. The largest absolute Gasteiger partial charge is 0.486 e. The molecule has 0 saturated carbocycles. The second-order valence-electron chi connectivity index (χ2n) is 5.19. The molecule has 0 fully saturated rings. The number of non-ortho nitro benzene ring substituents is 1. The maximum absolute atomic E-state index is 10.7. The van der Waals surface area contributed by atoms with Gasteiger partial charge in [0.05, 0.1) is 15.6 Å². The predicted octanol–water partition coefficient (Wildman–Crippen LogP) is 4.19. The third-order valence-corrected chi connectivity index (χ3v) is 3.91. The minimum absolute atomic E-state index is 0.0347. The number of hydrogen-bond donors (Lipinski definition) is 1. The molecule has 6 nitrogen and oxygen atoms in total. The third-order valence-electron chi connectivity index (χ3n) is 3.60. The number of nitrogens with one attached hydrogen (secondary N) is 1. The first-order valence-electron chi connectivity index (χ1n) is 7.14. The Morgan fingerprint density at radius 2 is 1.91 bits per heavy atom. The van der Waals surface area contributed by atoms with Crippen molar-refractivity contribution in [2.45, 2.75) is 13.0 Å². The number of nitrogens with zero attached hydrogens (tertiary/aromatic N) is 1. The highest BCUT2D eigenvalue weighted by atomic mass is 35.5. The molecule has 0 radical (unpaired) electrons. The van der Waals surface area contributed by atoms with E-state index in [1.54, 1.807) is 6.07 Å². The van der Waals surface area contributed by atoms with Crippen molar-refractivity contribution in [2.24, 2.45) is 0 Å². The minimum atomic E-state index is -0.472. The molecule has 2 aromatic rings. The van der Waals surface area contributed by atoms with Gasteiger partial charge < -0.3 is 14.8 Å². The Labute approximate surface area is 138 Å². The molecule has 0 saturated heterocycles. The second kappa shape index (κ2) is 6.34. The van der Waals surface area contributed by atoms with E-state index < -0.39 is 4.92 Å². The van der Waals surface area contributed by atoms with Gasteiger partial charge in [0.25, 0.3) is 5.69 Å². The first kappa shape index (κ1) is 15.4. The standard InChI is InChI=1S/C16H15ClN2O4/c1-10(11-2-5-15-16(8-11)23-7-6-22-15)18-14-4-3-12(19(20)21)9-13(14)17/h2-5,8-10,18H,6-7H2,1H3/t10-/m1/s1. The normalized spacial score (nSPS) is 14.2. The van der Waals surface area contributed by atoms with Crippen LogP contribution in [0.2, 0.25) is 5.02 Å². The molecule has 120 valence electrons. The van der Waals surface area contributed by atoms with Crippen molar-refractivity contribution in [3.63, 3.8) is 0 Å². The lowest BCUT2D eigenvalue weighted by molar-refractivity contribution is -0.384. The van der Waals surface area contributed by atoms with Crippen LogP contribution in [-0.4, -0.2) is 18.1 Å². The van der Waals surface area contributed by atoms with Crippen LogP contribution in [0.15, 0.2) is 36.4 Å². The number of ether oxygens (including phenoxy) is 2. The van der Waals surface area contributed by atoms with Crippen LogP contribution in [0.1, 0.15) is 18.5 Å². The molecule has 1 aliphatic rings. The van der Waals surface area contributed by atoms with Gasteiger partial charge in [-0.1, -0.05) is 17.7 Å². The molecule has 2 aromatic carbocycles. The predicted molar refractivity (Wildman–Crippen MR) is 87.6 cm³/mol. The number of rotatable bonds is 4. The molecule has 0 aromatic heterocycles. The molecule has 1 atom stereocenters. The number of nitro benzene ring substituents is 1. The molecule has 0 spiro atoms. The fourth-order valence-electron chi connectivity index (χ4n) is 2.38. The van der Waals surface area contributed by atoms with E-state index in [0.717, 1.165) is 17.1 Å². The van der Waals surface area contributed by atoms with Crippen LogP contribution in [0.5, 0.6) is 11.5 Å². The summed E-state index contributed by atoms with van der Waals surface area (Å²) in [7, 11) is 0. The van der Waals surface area contributed by atoms with Gasteiger partial charge in [-0.3, -0.25) is 10.1 Å². The number of benzene rings is 2. The first-order valence-corrected chi connectivity index (χ1v) is 7.52. The van der Waals surface area contributed by atoms with Crippen molar-refractivity contribution >= 4 is 23.0 Å². The fraction of sp³-hybridized carbons (Fsp3) is 0.250. The summed E-state index contributed by atoms with van der Waals surface area (Å²) >= 11 is 6.11. The quantitative estimate of drug-likeness (QED) is 0.670. The monoisotopic (exact) mass is 334 g/mol. The van der Waals surface area contributed by atoms with Crippen LogP contribution in [0.4, 0.5) is 11.4 Å². The molecule has 0 aliphatic carbocycles. The number of fused-ring (bicyclic) bond motifs is 1. The lowest BCUT2D eigenvalue weighted by Crippen LogP contribution is -2.16. The topological polar surface area (TPSA) is 73.6 Å². The van der Waals surface area contributed by atoms with E-state index in [9.17, 15) is 10.1 Å². The summed E-state index contributed by atoms with van der Waals surface area (Å²) in [6.45, 7) is 3.06. The Morgan fingerprint density at radius 3 is 2.61 bits per heavy atom. The smallest absolute Gasteiger partial charge is 0.271 e. The molecule has 0 unspecified atom stereocenters. The molecule has 1 aliphatic heterocycles. The van der Waals surface area contributed by atoms with Crippen LogP contribution >= 0.6 is 11.6 Å². The Kier molecular flexibility index (Phi) is 4.25. The Morgan fingerprint density at radius 1 is 1.17 bits per heavy atom. The summed E-state index contributed by atoms with van der Waals surface area (Å²) in [4.78, 5) is 10.3. The lowest BCUT2D eigenvalue weighted by atomic mass is 10.1. The number of anilines is 1. The zero-order chi connectivity index (χ0) is 16.4. The van der Waals surface area contributed by atoms with Gasteiger partial charge in [0.1, 0.15) is 13.2 Å². The van der Waals surface area contributed by atoms with Gasteiger partial charge in [-0.05, 0) is 30.7 Å². The van der Waals surface area contributed by atoms with E-state index in [0.29, 0.717) is 23.9 Å². The van der Waals surface area contributed by atoms with Gasteiger partial charge >= 0.3 is 0 Å². The van der Waals surface area contributed by atoms with Gasteiger partial charge in [0.2, 0.25) is 0 Å². The molecular formula is C16H15ClN2O4. The summed E-state index contributed by atoms with van der Waals surface area (Å²) in [6.07, 6.45) is 0. The maximum atomic E-state index is 10.7. The zero-order valence-corrected chi connectivity index (χ0v) is 13.2. The van der Waals surface area contributed by atoms with E-state index in [2.05, 4.69) is 5.32 Å². The van der Waals surface area contributed by atoms with Crippen LogP contribution < -0.4 is 14.8 Å². The molecule has 0 amide bonds. The summed E-state index contributed by atoms with van der Waals surface area (Å²) in [5, 5.41) is 14.3. The average molecular weight is 335 g/mol. The Hall–Kier alpha value is -2.47. The molecule has 7 heteroatoms. The Bertz CT molecular complexity index is 751. The third kappa shape index (κ3) is 3.32. The molecule has 1 N–H and O–H groups in total. The molecule has 1 heterocycles. The van der Waals surface area contributed by atoms with E-state index in [-0.39, 0.29) is 11.7 Å². The van der Waals surface area contributed by atoms with E-state index >= 15 is 0 Å². The number of hydrogen-bond acceptors (Lipinski definition) is 5. The van der Waals surface area contributed by atoms with Gasteiger partial charge in [0, 0.05) is 18.2 Å². The van der Waals surface area contributed by atoms with Gasteiger partial charge in [-0.2, -0.15) is 0 Å². The molecule has 23 heavy (non-hydrogen) atoms. The molecular weight excluding hydrogens is 320 g/mol. The average Bonchev–Trinajstić information content (AvgIpc) is 2.56. The van der Waals surface area contributed by atoms with Gasteiger partial charge in [-0.25, -0.2) is 0 Å². The van der Waals surface area contributed by atoms with Crippen molar-refractivity contribution in [3.05, 3.63) is 57.1 Å². The number of halogens is 1. The second-order valence-corrected chi connectivity index (χ2v) is 5.60. The van der Waals surface area contributed by atoms with Crippen molar-refractivity contribution in [1.82, 2.24) is 0 Å². The van der Waals surface area contributed by atoms with Crippen molar-refractivity contribution in [2.75, 3.05) is 18.5 Å². The van der Waals surface area contributed by atoms with Crippen LogP contribution in [0.25, 0.3) is 0 Å². The zero-order valence-electron chi connectivity index (χ0n) is 12.4. The minimum Gasteiger partial charge on any atom is -0.486 e. The van der Waals surface area contributed by atoms with Crippen molar-refractivity contribution < 1.29 is 14.4 Å². The highest BCUT2D eigenvalue weighted by molar-refractivity contribution is 6.33. The van der Waals surface area contributed by atoms with Gasteiger partial charge in [0.15, 0.2) is 11.5 Å². The molecule has 3 rings (SSSR count). The lowest BCUT2D eigenvalue weighted by Gasteiger charge is -2.21. The summed E-state index contributed by atoms with van der Waals surface area (Å²) in [5.41, 5.74) is 1.61. The van der Waals surface area contributed by atoms with Crippen molar-refractivity contribution in [3.8, 4) is 11.5 Å². The van der Waals surface area contributed by atoms with Crippen LogP contribution in [-0.2, 0) is 0 Å². The van der Waals surface area contributed by atoms with E-state index in [1.807, 2.05) is 25.1 Å². The summed E-state index contributed by atoms with van der Waals surface area (Å²) in [5.74, 6) is 1.46. The van der Waals surface area contributed by atoms with Crippen LogP contribution in [0.3, 0.4) is 0 Å².